The van der Waals surface area contributed by atoms with Crippen LogP contribution >= 0.6 is 22.7 Å². The van der Waals surface area contributed by atoms with Crippen LogP contribution in [0.5, 0.6) is 0 Å². The predicted octanol–water partition coefficient (Wildman–Crippen LogP) is 11.1. The average molecular weight is 747 g/mol. The molecule has 4 nitrogen and oxygen atoms in total. The highest BCUT2D eigenvalue weighted by molar-refractivity contribution is 7.16. The van der Waals surface area contributed by atoms with Gasteiger partial charge in [-0.25, -0.2) is 0 Å². The lowest BCUT2D eigenvalue weighted by Gasteiger charge is -2.37. The molecule has 0 N–H and O–H groups in total. The topological polar surface area (TPSA) is 68.3 Å². The molecule has 0 saturated heterocycles. The number of aryl methyl sites for hydroxylation is 1. The number of ketones is 4. The molecule has 9 heteroatoms. The van der Waals surface area contributed by atoms with Crippen molar-refractivity contribution >= 4 is 80.3 Å². The van der Waals surface area contributed by atoms with Crippen molar-refractivity contribution in [2.45, 2.75) is 88.1 Å². The first-order chi connectivity index (χ1) is 25.4. The van der Waals surface area contributed by atoms with Gasteiger partial charge in [0.1, 0.15) is 0 Å². The molecule has 0 atom stereocenters. The van der Waals surface area contributed by atoms with Gasteiger partial charge in [0, 0.05) is 52.6 Å². The average Bonchev–Trinajstić information content (AvgIpc) is 3.95. The fourth-order valence-electron chi connectivity index (χ4n) is 10.3. The van der Waals surface area contributed by atoms with E-state index in [1.165, 1.54) is 32.0 Å². The van der Waals surface area contributed by atoms with Gasteiger partial charge in [0.05, 0.1) is 5.56 Å². The highest BCUT2D eigenvalue weighted by Gasteiger charge is 2.58. The van der Waals surface area contributed by atoms with Crippen LogP contribution in [0.1, 0.15) is 138 Å². The summed E-state index contributed by atoms with van der Waals surface area (Å²) in [5.74, 6) is -2.45. The van der Waals surface area contributed by atoms with Crippen LogP contribution in [0, 0.1) is 6.92 Å². The zero-order chi connectivity index (χ0) is 36.6. The Kier molecular flexibility index (Phi) is 7.05. The SMILES string of the molecule is Cc1ccc2c(c1)/C(=C/c1cc3c(s1)C1=C(c4sc(/C=C5\C(=O)C(=O)c6ccc(C(F)(F)F)cc65)cc4C14CCCCC4)C31CCCCC1)C(=O)C2=O. The molecular formula is C44H33F3O4S2. The minimum absolute atomic E-state index is 0.0153. The van der Waals surface area contributed by atoms with Crippen LogP contribution < -0.4 is 0 Å². The molecule has 0 aliphatic heterocycles. The second kappa shape index (κ2) is 11.3. The fraction of sp³-hybridized carbons (Fsp3) is 0.318. The summed E-state index contributed by atoms with van der Waals surface area (Å²) in [6.45, 7) is 1.96. The zero-order valence-corrected chi connectivity index (χ0v) is 30.6. The third-order valence-electron chi connectivity index (χ3n) is 12.7. The number of thiophene rings is 2. The molecule has 2 spiro atoms. The van der Waals surface area contributed by atoms with Gasteiger partial charge < -0.3 is 0 Å². The lowest BCUT2D eigenvalue weighted by molar-refractivity contribution is -0.137. The normalized spacial score (nSPS) is 22.4. The van der Waals surface area contributed by atoms with E-state index < -0.39 is 34.9 Å². The Morgan fingerprint density at radius 2 is 1.02 bits per heavy atom. The molecule has 2 saturated carbocycles. The summed E-state index contributed by atoms with van der Waals surface area (Å²) in [5, 5.41) is 0. The first-order valence-electron chi connectivity index (χ1n) is 18.4. The van der Waals surface area contributed by atoms with E-state index in [-0.39, 0.29) is 27.5 Å². The third-order valence-corrected chi connectivity index (χ3v) is 14.9. The summed E-state index contributed by atoms with van der Waals surface area (Å²) >= 11 is 3.32. The van der Waals surface area contributed by atoms with Crippen LogP contribution in [0.3, 0.4) is 0 Å². The maximum Gasteiger partial charge on any atom is 0.416 e. The summed E-state index contributed by atoms with van der Waals surface area (Å²) in [5.41, 5.74) is 6.71. The summed E-state index contributed by atoms with van der Waals surface area (Å²) in [6.07, 6.45) is 9.52. The van der Waals surface area contributed by atoms with E-state index in [0.717, 1.165) is 97.7 Å². The van der Waals surface area contributed by atoms with Gasteiger partial charge in [-0.1, -0.05) is 62.3 Å². The van der Waals surface area contributed by atoms with E-state index in [1.54, 1.807) is 34.8 Å². The van der Waals surface area contributed by atoms with Crippen molar-refractivity contribution in [3.8, 4) is 0 Å². The Morgan fingerprint density at radius 3 is 1.49 bits per heavy atom. The molecule has 4 aromatic rings. The molecular weight excluding hydrogens is 714 g/mol. The molecule has 0 radical (unpaired) electrons. The van der Waals surface area contributed by atoms with Crippen LogP contribution in [0.4, 0.5) is 13.2 Å². The van der Waals surface area contributed by atoms with Crippen molar-refractivity contribution < 1.29 is 32.3 Å². The molecule has 2 fully saturated rings. The molecule has 0 bridgehead atoms. The van der Waals surface area contributed by atoms with Gasteiger partial charge in [-0.05, 0) is 108 Å². The molecule has 0 unspecified atom stereocenters. The number of halogens is 3. The van der Waals surface area contributed by atoms with Gasteiger partial charge in [-0.2, -0.15) is 13.2 Å². The lowest BCUT2D eigenvalue weighted by Crippen LogP contribution is -2.28. The van der Waals surface area contributed by atoms with E-state index in [4.69, 9.17) is 0 Å². The van der Waals surface area contributed by atoms with Crippen LogP contribution in [0.2, 0.25) is 0 Å². The summed E-state index contributed by atoms with van der Waals surface area (Å²) < 4.78 is 41.1. The second-order valence-electron chi connectivity index (χ2n) is 15.6. The molecule has 0 amide bonds. The Hall–Kier alpha value is -4.47. The highest BCUT2D eigenvalue weighted by Crippen LogP contribution is 2.71. The third kappa shape index (κ3) is 4.53. The molecule has 2 aromatic heterocycles. The number of rotatable bonds is 2. The first-order valence-corrected chi connectivity index (χ1v) is 20.0. The number of hydrogen-bond donors (Lipinski definition) is 0. The Labute approximate surface area is 312 Å². The van der Waals surface area contributed by atoms with Crippen molar-refractivity contribution in [1.82, 2.24) is 0 Å². The quantitative estimate of drug-likeness (QED) is 0.151. The molecule has 6 aliphatic carbocycles. The number of carbonyl (C=O) groups excluding carboxylic acids is 4. The number of alkyl halides is 3. The van der Waals surface area contributed by atoms with E-state index >= 15 is 0 Å². The lowest BCUT2D eigenvalue weighted by atomic mass is 9.67. The number of allylic oxidation sites excluding steroid dienone is 4. The zero-order valence-electron chi connectivity index (χ0n) is 28.9. The number of fused-ring (bicyclic) bond motifs is 10. The summed E-state index contributed by atoms with van der Waals surface area (Å²) in [4.78, 5) is 56.7. The summed E-state index contributed by atoms with van der Waals surface area (Å²) in [6, 6.07) is 12.9. The van der Waals surface area contributed by atoms with Gasteiger partial charge in [0.25, 0.3) is 0 Å². The molecule has 2 aromatic carbocycles. The van der Waals surface area contributed by atoms with Crippen molar-refractivity contribution in [3.63, 3.8) is 0 Å². The molecule has 53 heavy (non-hydrogen) atoms. The smallest absolute Gasteiger partial charge is 0.285 e. The van der Waals surface area contributed by atoms with Crippen molar-refractivity contribution in [2.24, 2.45) is 0 Å². The number of benzene rings is 2. The van der Waals surface area contributed by atoms with E-state index in [9.17, 15) is 32.3 Å². The molecule has 2 heterocycles. The Bertz CT molecular complexity index is 2490. The van der Waals surface area contributed by atoms with Gasteiger partial charge in [-0.3, -0.25) is 19.2 Å². The maximum atomic E-state index is 13.7. The van der Waals surface area contributed by atoms with E-state index in [0.29, 0.717) is 16.7 Å². The van der Waals surface area contributed by atoms with Gasteiger partial charge in [0.15, 0.2) is 0 Å². The number of carbonyl (C=O) groups is 4. The fourth-order valence-corrected chi connectivity index (χ4v) is 13.0. The minimum Gasteiger partial charge on any atom is -0.285 e. The van der Waals surface area contributed by atoms with Gasteiger partial charge in [0.2, 0.25) is 23.1 Å². The first kappa shape index (κ1) is 33.1. The van der Waals surface area contributed by atoms with E-state index in [2.05, 4.69) is 12.1 Å². The van der Waals surface area contributed by atoms with Crippen molar-refractivity contribution in [3.05, 3.63) is 113 Å². The van der Waals surface area contributed by atoms with Gasteiger partial charge >= 0.3 is 6.18 Å². The highest BCUT2D eigenvalue weighted by atomic mass is 32.1. The monoisotopic (exact) mass is 746 g/mol. The van der Waals surface area contributed by atoms with E-state index in [1.807, 2.05) is 25.1 Å². The van der Waals surface area contributed by atoms with Crippen LogP contribution in [0.25, 0.3) is 34.4 Å². The standard InChI is InChI=1S/C44H33F3O4S2/c1-22-8-10-26-28(16-22)30(38(50)36(26)48)18-24-20-32-40(52-24)34-35(42(32)12-4-2-5-13-42)41-33(43(34)14-6-3-7-15-43)21-25(53-41)19-31-29-17-23(44(45,46)47)9-11-27(29)37(49)39(31)51/h8-11,16-21H,2-7,12-15H2,1H3/b30-18-,31-19-. The van der Waals surface area contributed by atoms with Crippen molar-refractivity contribution in [1.29, 1.82) is 0 Å². The maximum absolute atomic E-state index is 13.7. The number of hydrogen-bond acceptors (Lipinski definition) is 6. The predicted molar refractivity (Wildman–Crippen MR) is 202 cm³/mol. The molecule has 6 aliphatic rings. The molecule has 266 valence electrons. The second-order valence-corrected chi connectivity index (χ2v) is 17.7. The van der Waals surface area contributed by atoms with Crippen LogP contribution in [-0.2, 0) is 26.6 Å². The molecule has 10 rings (SSSR count). The van der Waals surface area contributed by atoms with Crippen LogP contribution in [0.15, 0.2) is 48.5 Å². The van der Waals surface area contributed by atoms with Crippen molar-refractivity contribution in [2.75, 3.05) is 0 Å². The minimum atomic E-state index is -4.60. The van der Waals surface area contributed by atoms with Crippen LogP contribution in [-0.4, -0.2) is 23.1 Å². The summed E-state index contributed by atoms with van der Waals surface area (Å²) in [7, 11) is 0. The Balaban J connectivity index is 1.14. The Morgan fingerprint density at radius 1 is 0.566 bits per heavy atom. The number of Topliss-reactive ketones (excluding diaryl/α,β-unsaturated/α-hetero) is 4. The largest absolute Gasteiger partial charge is 0.416 e. The van der Waals surface area contributed by atoms with Gasteiger partial charge in [-0.15, -0.1) is 22.7 Å².